The number of likely N-dealkylation sites (N-methyl/N-ethyl adjacent to an activating group) is 1. The maximum absolute atomic E-state index is 12.1. The summed E-state index contributed by atoms with van der Waals surface area (Å²) in [5.41, 5.74) is 1.68. The first-order valence-corrected chi connectivity index (χ1v) is 7.99. The van der Waals surface area contributed by atoms with E-state index in [1.807, 2.05) is 43.3 Å². The molecule has 24 heavy (non-hydrogen) atoms. The highest BCUT2D eigenvalue weighted by Gasteiger charge is 2.17. The topological polar surface area (TPSA) is 53.6 Å². The van der Waals surface area contributed by atoms with Crippen LogP contribution in [-0.4, -0.2) is 38.7 Å². The van der Waals surface area contributed by atoms with Crippen LogP contribution in [0.15, 0.2) is 48.5 Å². The SMILES string of the molecule is COc1ccc(NC(=O)NCC(c2ccccc2Cl)N(C)C)cc1. The summed E-state index contributed by atoms with van der Waals surface area (Å²) in [6.45, 7) is 0.443. The summed E-state index contributed by atoms with van der Waals surface area (Å²) >= 11 is 6.27. The van der Waals surface area contributed by atoms with Gasteiger partial charge >= 0.3 is 6.03 Å². The molecule has 2 amide bonds. The molecule has 0 fully saturated rings. The number of nitrogens with one attached hydrogen (secondary N) is 2. The van der Waals surface area contributed by atoms with Crippen LogP contribution < -0.4 is 15.4 Å². The van der Waals surface area contributed by atoms with Crippen LogP contribution in [0.5, 0.6) is 5.75 Å². The molecule has 2 aromatic rings. The Morgan fingerprint density at radius 2 is 1.83 bits per heavy atom. The third-order valence-electron chi connectivity index (χ3n) is 3.69. The lowest BCUT2D eigenvalue weighted by molar-refractivity contribution is 0.243. The number of rotatable bonds is 6. The van der Waals surface area contributed by atoms with Crippen LogP contribution in [0.4, 0.5) is 10.5 Å². The van der Waals surface area contributed by atoms with E-state index in [-0.39, 0.29) is 12.1 Å². The number of carbonyl (C=O) groups is 1. The predicted molar refractivity (Wildman–Crippen MR) is 97.9 cm³/mol. The van der Waals surface area contributed by atoms with E-state index in [9.17, 15) is 4.79 Å². The van der Waals surface area contributed by atoms with Crippen molar-refractivity contribution < 1.29 is 9.53 Å². The predicted octanol–water partition coefficient (Wildman–Crippen LogP) is 3.77. The van der Waals surface area contributed by atoms with Crippen LogP contribution in [0.25, 0.3) is 0 Å². The molecule has 0 radical (unpaired) electrons. The summed E-state index contributed by atoms with van der Waals surface area (Å²) < 4.78 is 5.09. The number of amides is 2. The van der Waals surface area contributed by atoms with Gasteiger partial charge in [-0.15, -0.1) is 0 Å². The average Bonchev–Trinajstić information content (AvgIpc) is 2.57. The molecular formula is C18H22ClN3O2. The van der Waals surface area contributed by atoms with Gasteiger partial charge in [0.25, 0.3) is 0 Å². The third kappa shape index (κ3) is 4.88. The summed E-state index contributed by atoms with van der Waals surface area (Å²) in [4.78, 5) is 14.1. The number of hydrogen-bond donors (Lipinski definition) is 2. The molecule has 0 aromatic heterocycles. The fourth-order valence-corrected chi connectivity index (χ4v) is 2.62. The lowest BCUT2D eigenvalue weighted by Gasteiger charge is -2.26. The van der Waals surface area contributed by atoms with Gasteiger partial charge in [0.2, 0.25) is 0 Å². The van der Waals surface area contributed by atoms with Gasteiger partial charge in [-0.1, -0.05) is 29.8 Å². The second kappa shape index (κ2) is 8.57. The lowest BCUT2D eigenvalue weighted by Crippen LogP contribution is -2.37. The number of anilines is 1. The zero-order chi connectivity index (χ0) is 17.5. The van der Waals surface area contributed by atoms with Gasteiger partial charge in [0.15, 0.2) is 0 Å². The number of halogens is 1. The van der Waals surface area contributed by atoms with Crippen LogP contribution in [-0.2, 0) is 0 Å². The van der Waals surface area contributed by atoms with E-state index in [2.05, 4.69) is 10.6 Å². The minimum atomic E-state index is -0.265. The van der Waals surface area contributed by atoms with Crippen molar-refractivity contribution >= 4 is 23.3 Å². The van der Waals surface area contributed by atoms with E-state index in [0.717, 1.165) is 11.3 Å². The molecule has 0 saturated heterocycles. The van der Waals surface area contributed by atoms with E-state index < -0.39 is 0 Å². The molecule has 0 spiro atoms. The van der Waals surface area contributed by atoms with Crippen LogP contribution in [0.2, 0.25) is 5.02 Å². The smallest absolute Gasteiger partial charge is 0.319 e. The van der Waals surface area contributed by atoms with Crippen molar-refractivity contribution in [2.45, 2.75) is 6.04 Å². The van der Waals surface area contributed by atoms with Crippen molar-refractivity contribution in [3.05, 3.63) is 59.1 Å². The van der Waals surface area contributed by atoms with E-state index in [4.69, 9.17) is 16.3 Å². The molecule has 0 bridgehead atoms. The van der Waals surface area contributed by atoms with Crippen LogP contribution >= 0.6 is 11.6 Å². The molecule has 2 rings (SSSR count). The zero-order valence-electron chi connectivity index (χ0n) is 14.0. The van der Waals surface area contributed by atoms with Crippen LogP contribution in [0.3, 0.4) is 0 Å². The maximum atomic E-state index is 12.1. The second-order valence-electron chi connectivity index (χ2n) is 5.56. The molecule has 0 saturated carbocycles. The summed E-state index contributed by atoms with van der Waals surface area (Å²) in [7, 11) is 5.51. The van der Waals surface area contributed by atoms with Gasteiger partial charge in [-0.05, 0) is 50.0 Å². The average molecular weight is 348 g/mol. The molecule has 0 aliphatic carbocycles. The number of hydrogen-bond acceptors (Lipinski definition) is 3. The minimum absolute atomic E-state index is 0.0136. The van der Waals surface area contributed by atoms with Crippen molar-refractivity contribution in [3.63, 3.8) is 0 Å². The Hall–Kier alpha value is -2.24. The van der Waals surface area contributed by atoms with E-state index in [1.165, 1.54) is 0 Å². The van der Waals surface area contributed by atoms with Gasteiger partial charge in [-0.2, -0.15) is 0 Å². The molecular weight excluding hydrogens is 326 g/mol. The van der Waals surface area contributed by atoms with Gasteiger partial charge in [0.1, 0.15) is 5.75 Å². The van der Waals surface area contributed by atoms with E-state index in [1.54, 1.807) is 31.4 Å². The highest BCUT2D eigenvalue weighted by atomic mass is 35.5. The van der Waals surface area contributed by atoms with Crippen molar-refractivity contribution in [2.75, 3.05) is 33.1 Å². The Kier molecular flexibility index (Phi) is 6.46. The van der Waals surface area contributed by atoms with Gasteiger partial charge in [-0.3, -0.25) is 0 Å². The van der Waals surface area contributed by atoms with Crippen molar-refractivity contribution in [3.8, 4) is 5.75 Å². The molecule has 1 atom stereocenters. The van der Waals surface area contributed by atoms with Gasteiger partial charge in [0.05, 0.1) is 13.2 Å². The Balaban J connectivity index is 1.96. The maximum Gasteiger partial charge on any atom is 0.319 e. The molecule has 1 unspecified atom stereocenters. The van der Waals surface area contributed by atoms with E-state index in [0.29, 0.717) is 17.3 Å². The largest absolute Gasteiger partial charge is 0.497 e. The lowest BCUT2D eigenvalue weighted by atomic mass is 10.1. The molecule has 0 aliphatic rings. The Labute approximate surface area is 147 Å². The Bertz CT molecular complexity index is 674. The first-order chi connectivity index (χ1) is 11.5. The van der Waals surface area contributed by atoms with Crippen LogP contribution in [0, 0.1) is 0 Å². The molecule has 2 N–H and O–H groups in total. The molecule has 128 valence electrons. The fourth-order valence-electron chi connectivity index (χ4n) is 2.36. The number of methoxy groups -OCH3 is 1. The standard InChI is InChI=1S/C18H22ClN3O2/c1-22(2)17(15-6-4-5-7-16(15)19)12-20-18(23)21-13-8-10-14(24-3)11-9-13/h4-11,17H,12H2,1-3H3,(H2,20,21,23). The third-order valence-corrected chi connectivity index (χ3v) is 4.04. The van der Waals surface area contributed by atoms with E-state index >= 15 is 0 Å². The van der Waals surface area contributed by atoms with Crippen LogP contribution in [0.1, 0.15) is 11.6 Å². The van der Waals surface area contributed by atoms with Crippen molar-refractivity contribution in [1.29, 1.82) is 0 Å². The van der Waals surface area contributed by atoms with Gasteiger partial charge in [0, 0.05) is 17.3 Å². The molecule has 6 heteroatoms. The summed E-state index contributed by atoms with van der Waals surface area (Å²) in [6.07, 6.45) is 0. The number of benzene rings is 2. The van der Waals surface area contributed by atoms with Crippen molar-refractivity contribution in [1.82, 2.24) is 10.2 Å². The quantitative estimate of drug-likeness (QED) is 0.836. The van der Waals surface area contributed by atoms with Gasteiger partial charge < -0.3 is 20.3 Å². The zero-order valence-corrected chi connectivity index (χ0v) is 14.8. The fraction of sp³-hybridized carbons (Fsp3) is 0.278. The highest BCUT2D eigenvalue weighted by Crippen LogP contribution is 2.25. The molecule has 2 aromatic carbocycles. The molecule has 0 heterocycles. The highest BCUT2D eigenvalue weighted by molar-refractivity contribution is 6.31. The summed E-state index contributed by atoms with van der Waals surface area (Å²) in [5.74, 6) is 0.743. The molecule has 5 nitrogen and oxygen atoms in total. The number of urea groups is 1. The summed E-state index contributed by atoms with van der Waals surface area (Å²) in [6, 6.07) is 14.5. The summed E-state index contributed by atoms with van der Waals surface area (Å²) in [5, 5.41) is 6.37. The van der Waals surface area contributed by atoms with Gasteiger partial charge in [-0.25, -0.2) is 4.79 Å². The number of ether oxygens (including phenoxy) is 1. The minimum Gasteiger partial charge on any atom is -0.497 e. The first kappa shape index (κ1) is 18.1. The number of carbonyl (C=O) groups excluding carboxylic acids is 1. The normalized spacial score (nSPS) is 11.9. The second-order valence-corrected chi connectivity index (χ2v) is 5.97. The Morgan fingerprint density at radius 1 is 1.17 bits per heavy atom. The Morgan fingerprint density at radius 3 is 2.42 bits per heavy atom. The number of nitrogens with zero attached hydrogens (tertiary/aromatic N) is 1. The first-order valence-electron chi connectivity index (χ1n) is 7.61. The molecule has 0 aliphatic heterocycles. The van der Waals surface area contributed by atoms with Crippen molar-refractivity contribution in [2.24, 2.45) is 0 Å². The monoisotopic (exact) mass is 347 g/mol.